The molecule has 2 rings (SSSR count). The number of rotatable bonds is 2. The number of methoxy groups -OCH3 is 1. The monoisotopic (exact) mass is 223 g/mol. The van der Waals surface area contributed by atoms with Crippen LogP contribution in [0.4, 0.5) is 4.39 Å². The lowest BCUT2D eigenvalue weighted by molar-refractivity contribution is 0.386. The van der Waals surface area contributed by atoms with Gasteiger partial charge in [0.05, 0.1) is 7.11 Å². The van der Waals surface area contributed by atoms with E-state index < -0.39 is 0 Å². The lowest BCUT2D eigenvalue weighted by atomic mass is 10.2. The number of halogens is 1. The van der Waals surface area contributed by atoms with Gasteiger partial charge in [-0.25, -0.2) is 9.37 Å². The van der Waals surface area contributed by atoms with E-state index >= 15 is 0 Å². The van der Waals surface area contributed by atoms with Crippen molar-refractivity contribution >= 4 is 11.3 Å². The van der Waals surface area contributed by atoms with E-state index in [2.05, 4.69) is 4.98 Å². The number of ether oxygens (including phenoxy) is 1. The zero-order chi connectivity index (χ0) is 10.8. The number of benzene rings is 1. The van der Waals surface area contributed by atoms with Crippen LogP contribution in [0.5, 0.6) is 5.75 Å². The Morgan fingerprint density at radius 3 is 2.73 bits per heavy atom. The van der Waals surface area contributed by atoms with Gasteiger partial charge in [-0.1, -0.05) is 0 Å². The summed E-state index contributed by atoms with van der Waals surface area (Å²) >= 11 is 1.51. The van der Waals surface area contributed by atoms with E-state index in [0.717, 1.165) is 16.3 Å². The summed E-state index contributed by atoms with van der Waals surface area (Å²) in [6.07, 6.45) is 0. The van der Waals surface area contributed by atoms with Crippen molar-refractivity contribution in [1.29, 1.82) is 0 Å². The first kappa shape index (κ1) is 10.1. The van der Waals surface area contributed by atoms with Crippen LogP contribution < -0.4 is 4.74 Å². The number of hydrogen-bond donors (Lipinski definition) is 0. The zero-order valence-electron chi connectivity index (χ0n) is 8.45. The van der Waals surface area contributed by atoms with E-state index in [-0.39, 0.29) is 11.6 Å². The molecular weight excluding hydrogens is 213 g/mol. The first-order valence-corrected chi connectivity index (χ1v) is 5.34. The maximum absolute atomic E-state index is 13.4. The van der Waals surface area contributed by atoms with E-state index in [1.807, 2.05) is 12.3 Å². The number of nitrogens with zero attached hydrogens (tertiary/aromatic N) is 1. The van der Waals surface area contributed by atoms with Crippen molar-refractivity contribution < 1.29 is 9.13 Å². The van der Waals surface area contributed by atoms with Crippen LogP contribution in [0, 0.1) is 12.7 Å². The van der Waals surface area contributed by atoms with Crippen LogP contribution in [0.25, 0.3) is 10.6 Å². The molecule has 2 nitrogen and oxygen atoms in total. The first-order chi connectivity index (χ1) is 7.20. The lowest BCUT2D eigenvalue weighted by Crippen LogP contribution is -1.88. The Bertz CT molecular complexity index is 481. The molecule has 0 aliphatic carbocycles. The van der Waals surface area contributed by atoms with Gasteiger partial charge in [0.25, 0.3) is 0 Å². The smallest absolute Gasteiger partial charge is 0.165 e. The molecule has 4 heteroatoms. The summed E-state index contributed by atoms with van der Waals surface area (Å²) in [5.41, 5.74) is 1.73. The Morgan fingerprint density at radius 1 is 1.40 bits per heavy atom. The summed E-state index contributed by atoms with van der Waals surface area (Å²) in [6.45, 7) is 1.92. The summed E-state index contributed by atoms with van der Waals surface area (Å²) in [5.74, 6) is -0.102. The van der Waals surface area contributed by atoms with Gasteiger partial charge in [0.15, 0.2) is 11.6 Å². The molecule has 0 bridgehead atoms. The van der Waals surface area contributed by atoms with Crippen LogP contribution >= 0.6 is 11.3 Å². The molecule has 1 aromatic carbocycles. The molecule has 0 saturated heterocycles. The third-order valence-corrected chi connectivity index (χ3v) is 3.03. The molecule has 0 saturated carbocycles. The highest BCUT2D eigenvalue weighted by Crippen LogP contribution is 2.27. The quantitative estimate of drug-likeness (QED) is 0.779. The molecule has 0 fully saturated rings. The number of aromatic nitrogens is 1. The number of aryl methyl sites for hydroxylation is 1. The summed E-state index contributed by atoms with van der Waals surface area (Å²) < 4.78 is 18.2. The molecule has 78 valence electrons. The predicted octanol–water partition coefficient (Wildman–Crippen LogP) is 3.27. The summed E-state index contributed by atoms with van der Waals surface area (Å²) in [6, 6.07) is 4.86. The minimum atomic E-state index is -0.358. The molecule has 0 aliphatic rings. The Balaban J connectivity index is 2.42. The Kier molecular flexibility index (Phi) is 2.68. The van der Waals surface area contributed by atoms with Gasteiger partial charge in [0.2, 0.25) is 0 Å². The second-order valence-corrected chi connectivity index (χ2v) is 4.00. The topological polar surface area (TPSA) is 22.1 Å². The maximum Gasteiger partial charge on any atom is 0.165 e. The van der Waals surface area contributed by atoms with Gasteiger partial charge in [-0.2, -0.15) is 0 Å². The number of hydrogen-bond acceptors (Lipinski definition) is 3. The SMILES string of the molecule is COc1ccc(-c2nc(C)cs2)cc1F. The van der Waals surface area contributed by atoms with E-state index in [4.69, 9.17) is 4.74 Å². The average Bonchev–Trinajstić information content (AvgIpc) is 2.65. The van der Waals surface area contributed by atoms with Crippen LogP contribution in [0.3, 0.4) is 0 Å². The molecule has 0 aliphatic heterocycles. The first-order valence-electron chi connectivity index (χ1n) is 4.47. The van der Waals surface area contributed by atoms with E-state index in [0.29, 0.717) is 0 Å². The third-order valence-electron chi connectivity index (χ3n) is 2.02. The van der Waals surface area contributed by atoms with Crippen molar-refractivity contribution in [3.05, 3.63) is 35.1 Å². The van der Waals surface area contributed by atoms with Crippen LogP contribution in [0.1, 0.15) is 5.69 Å². The number of thiazole rings is 1. The lowest BCUT2D eigenvalue weighted by Gasteiger charge is -2.02. The second kappa shape index (κ2) is 3.98. The van der Waals surface area contributed by atoms with Crippen LogP contribution in [-0.2, 0) is 0 Å². The summed E-state index contributed by atoms with van der Waals surface area (Å²) in [4.78, 5) is 4.29. The Labute approximate surface area is 91.4 Å². The Morgan fingerprint density at radius 2 is 2.20 bits per heavy atom. The minimum absolute atomic E-state index is 0.257. The summed E-state index contributed by atoms with van der Waals surface area (Å²) in [7, 11) is 1.45. The molecule has 1 heterocycles. The summed E-state index contributed by atoms with van der Waals surface area (Å²) in [5, 5.41) is 2.77. The molecule has 0 amide bonds. The van der Waals surface area contributed by atoms with E-state index in [1.54, 1.807) is 12.1 Å². The van der Waals surface area contributed by atoms with Crippen molar-refractivity contribution in [2.24, 2.45) is 0 Å². The van der Waals surface area contributed by atoms with Crippen molar-refractivity contribution in [3.8, 4) is 16.3 Å². The minimum Gasteiger partial charge on any atom is -0.494 e. The van der Waals surface area contributed by atoms with Crippen molar-refractivity contribution in [3.63, 3.8) is 0 Å². The van der Waals surface area contributed by atoms with Gasteiger partial charge >= 0.3 is 0 Å². The van der Waals surface area contributed by atoms with E-state index in [1.165, 1.54) is 24.5 Å². The van der Waals surface area contributed by atoms with Gasteiger partial charge in [-0.05, 0) is 25.1 Å². The third kappa shape index (κ3) is 1.99. The molecule has 0 spiro atoms. The second-order valence-electron chi connectivity index (χ2n) is 3.14. The van der Waals surface area contributed by atoms with Gasteiger partial charge < -0.3 is 4.74 Å². The molecule has 1 aromatic heterocycles. The maximum atomic E-state index is 13.4. The molecule has 0 atom stereocenters. The highest BCUT2D eigenvalue weighted by molar-refractivity contribution is 7.13. The fourth-order valence-corrected chi connectivity index (χ4v) is 2.08. The van der Waals surface area contributed by atoms with Crippen LogP contribution in [0.15, 0.2) is 23.6 Å². The standard InChI is InChI=1S/C11H10FNOS/c1-7-6-15-11(13-7)8-3-4-10(14-2)9(12)5-8/h3-6H,1-2H3. The average molecular weight is 223 g/mol. The Hall–Kier alpha value is -1.42. The van der Waals surface area contributed by atoms with Crippen LogP contribution in [0.2, 0.25) is 0 Å². The van der Waals surface area contributed by atoms with E-state index in [9.17, 15) is 4.39 Å². The fourth-order valence-electron chi connectivity index (χ4n) is 1.29. The van der Waals surface area contributed by atoms with Crippen LogP contribution in [-0.4, -0.2) is 12.1 Å². The van der Waals surface area contributed by atoms with Gasteiger partial charge in [0, 0.05) is 16.6 Å². The van der Waals surface area contributed by atoms with Crippen molar-refractivity contribution in [2.75, 3.05) is 7.11 Å². The largest absolute Gasteiger partial charge is 0.494 e. The molecule has 0 radical (unpaired) electrons. The zero-order valence-corrected chi connectivity index (χ0v) is 9.27. The van der Waals surface area contributed by atoms with Crippen molar-refractivity contribution in [2.45, 2.75) is 6.92 Å². The highest BCUT2D eigenvalue weighted by Gasteiger charge is 2.07. The normalized spacial score (nSPS) is 10.3. The van der Waals surface area contributed by atoms with Gasteiger partial charge in [-0.3, -0.25) is 0 Å². The van der Waals surface area contributed by atoms with Crippen molar-refractivity contribution in [1.82, 2.24) is 4.98 Å². The molecule has 2 aromatic rings. The predicted molar refractivity (Wildman–Crippen MR) is 58.8 cm³/mol. The molecule has 0 unspecified atom stereocenters. The van der Waals surface area contributed by atoms with Gasteiger partial charge in [-0.15, -0.1) is 11.3 Å². The van der Waals surface area contributed by atoms with Gasteiger partial charge in [0.1, 0.15) is 5.01 Å². The molecule has 15 heavy (non-hydrogen) atoms. The fraction of sp³-hybridized carbons (Fsp3) is 0.182. The molecule has 0 N–H and O–H groups in total. The molecular formula is C11H10FNOS. The highest BCUT2D eigenvalue weighted by atomic mass is 32.1.